The molecule has 0 aliphatic carbocycles. The van der Waals surface area contributed by atoms with Gasteiger partial charge in [0.2, 0.25) is 6.79 Å². The zero-order chi connectivity index (χ0) is 19.3. The topological polar surface area (TPSA) is 95.7 Å². The smallest absolute Gasteiger partial charge is 0.268 e. The number of anilines is 2. The number of nitrogens with two attached hydrogens (primary N) is 1. The van der Waals surface area contributed by atoms with Crippen LogP contribution in [0.15, 0.2) is 42.5 Å². The Morgan fingerprint density at radius 2 is 2.00 bits per heavy atom. The minimum Gasteiger partial charge on any atom is -0.495 e. The number of hydrogen-bond donors (Lipinski definition) is 2. The number of para-hydroxylation sites is 2. The molecule has 4 aromatic rings. The molecule has 8 heteroatoms. The summed E-state index contributed by atoms with van der Waals surface area (Å²) in [6, 6.07) is 12.8. The number of nitrogen functional groups attached to an aromatic ring is 1. The van der Waals surface area contributed by atoms with E-state index in [1.807, 2.05) is 30.3 Å². The first-order chi connectivity index (χ1) is 13.6. The molecule has 7 nitrogen and oxygen atoms in total. The molecule has 0 saturated carbocycles. The summed E-state index contributed by atoms with van der Waals surface area (Å²) in [5, 5.41) is 4.47. The van der Waals surface area contributed by atoms with E-state index in [-0.39, 0.29) is 12.7 Å². The average molecular weight is 393 g/mol. The van der Waals surface area contributed by atoms with Crippen molar-refractivity contribution in [1.82, 2.24) is 4.98 Å². The molecule has 1 aliphatic rings. The number of carbonyl (C=O) groups is 1. The van der Waals surface area contributed by atoms with Gasteiger partial charge in [-0.15, -0.1) is 11.3 Å². The van der Waals surface area contributed by atoms with Gasteiger partial charge in [0.1, 0.15) is 15.5 Å². The van der Waals surface area contributed by atoms with Crippen LogP contribution in [0.5, 0.6) is 17.2 Å². The number of rotatable bonds is 3. The van der Waals surface area contributed by atoms with Crippen molar-refractivity contribution < 1.29 is 19.0 Å². The zero-order valence-electron chi connectivity index (χ0n) is 14.8. The molecule has 5 rings (SSSR count). The molecule has 0 radical (unpaired) electrons. The first-order valence-electron chi connectivity index (χ1n) is 8.51. The van der Waals surface area contributed by atoms with E-state index in [4.69, 9.17) is 19.9 Å². The molecular formula is C20H15N3O4S. The first kappa shape index (κ1) is 16.6. The Morgan fingerprint density at radius 3 is 2.82 bits per heavy atom. The Bertz CT molecular complexity index is 1250. The van der Waals surface area contributed by atoms with Gasteiger partial charge in [-0.1, -0.05) is 12.1 Å². The lowest BCUT2D eigenvalue weighted by atomic mass is 10.1. The highest BCUT2D eigenvalue weighted by molar-refractivity contribution is 7.21. The van der Waals surface area contributed by atoms with Gasteiger partial charge in [-0.25, -0.2) is 4.98 Å². The molecule has 2 aromatic heterocycles. The van der Waals surface area contributed by atoms with E-state index in [1.165, 1.54) is 11.3 Å². The molecule has 28 heavy (non-hydrogen) atoms. The lowest BCUT2D eigenvalue weighted by molar-refractivity contribution is 0.103. The summed E-state index contributed by atoms with van der Waals surface area (Å²) in [5.74, 6) is 1.62. The Kier molecular flexibility index (Phi) is 3.73. The number of pyridine rings is 1. The molecule has 0 saturated heterocycles. The van der Waals surface area contributed by atoms with Gasteiger partial charge < -0.3 is 25.3 Å². The maximum Gasteiger partial charge on any atom is 0.268 e. The average Bonchev–Trinajstić information content (AvgIpc) is 3.29. The van der Waals surface area contributed by atoms with E-state index >= 15 is 0 Å². The quantitative estimate of drug-likeness (QED) is 0.546. The minimum absolute atomic E-state index is 0.204. The van der Waals surface area contributed by atoms with Gasteiger partial charge >= 0.3 is 0 Å². The third kappa shape index (κ3) is 2.57. The van der Waals surface area contributed by atoms with Crippen molar-refractivity contribution in [2.24, 2.45) is 0 Å². The van der Waals surface area contributed by atoms with Crippen LogP contribution in [-0.4, -0.2) is 24.8 Å². The normalized spacial score (nSPS) is 12.5. The molecule has 0 spiro atoms. The number of ether oxygens (including phenoxy) is 3. The first-order valence-corrected chi connectivity index (χ1v) is 9.32. The SMILES string of the molecule is COc1ccccc1NC(=O)c1sc2nc3cc4c(cc3cc2c1N)OCO4. The van der Waals surface area contributed by atoms with E-state index in [9.17, 15) is 4.79 Å². The molecular weight excluding hydrogens is 378 g/mol. The molecule has 0 unspecified atom stereocenters. The third-order valence-electron chi connectivity index (χ3n) is 4.57. The van der Waals surface area contributed by atoms with Gasteiger partial charge in [0.15, 0.2) is 11.5 Å². The molecule has 0 bridgehead atoms. The highest BCUT2D eigenvalue weighted by Gasteiger charge is 2.21. The fraction of sp³-hybridized carbons (Fsp3) is 0.100. The van der Waals surface area contributed by atoms with Gasteiger partial charge in [-0.3, -0.25) is 4.79 Å². The van der Waals surface area contributed by atoms with Crippen LogP contribution in [0.2, 0.25) is 0 Å². The number of benzene rings is 2. The van der Waals surface area contributed by atoms with Crippen molar-refractivity contribution in [2.75, 3.05) is 25.0 Å². The zero-order valence-corrected chi connectivity index (χ0v) is 15.6. The Labute approximate surface area is 163 Å². The van der Waals surface area contributed by atoms with Gasteiger partial charge in [0, 0.05) is 16.8 Å². The number of amides is 1. The summed E-state index contributed by atoms with van der Waals surface area (Å²) in [6.07, 6.45) is 0. The van der Waals surface area contributed by atoms with Crippen LogP contribution in [0, 0.1) is 0 Å². The van der Waals surface area contributed by atoms with Crippen LogP contribution in [0.3, 0.4) is 0 Å². The number of carbonyl (C=O) groups excluding carboxylic acids is 1. The molecule has 2 aromatic carbocycles. The minimum atomic E-state index is -0.303. The molecule has 1 amide bonds. The molecule has 3 heterocycles. The second kappa shape index (κ2) is 6.28. The van der Waals surface area contributed by atoms with Gasteiger partial charge in [-0.2, -0.15) is 0 Å². The van der Waals surface area contributed by atoms with Crippen LogP contribution < -0.4 is 25.3 Å². The van der Waals surface area contributed by atoms with Crippen LogP contribution in [0.1, 0.15) is 9.67 Å². The third-order valence-corrected chi connectivity index (χ3v) is 5.68. The van der Waals surface area contributed by atoms with Crippen molar-refractivity contribution >= 4 is 49.7 Å². The van der Waals surface area contributed by atoms with Crippen molar-refractivity contribution in [3.8, 4) is 17.2 Å². The summed E-state index contributed by atoms with van der Waals surface area (Å²) < 4.78 is 16.1. The van der Waals surface area contributed by atoms with E-state index in [0.29, 0.717) is 38.3 Å². The number of nitrogens with one attached hydrogen (secondary N) is 1. The van der Waals surface area contributed by atoms with Crippen molar-refractivity contribution in [1.29, 1.82) is 0 Å². The largest absolute Gasteiger partial charge is 0.495 e. The number of aromatic nitrogens is 1. The standard InChI is InChI=1S/C20H15N3O4S/c1-25-14-5-3-2-4-12(14)22-19(24)18-17(21)11-6-10-7-15-16(27-9-26-15)8-13(10)23-20(11)28-18/h2-8H,9,21H2,1H3,(H,22,24). The van der Waals surface area contributed by atoms with Gasteiger partial charge in [0.05, 0.1) is 24.0 Å². The highest BCUT2D eigenvalue weighted by Crippen LogP contribution is 2.40. The van der Waals surface area contributed by atoms with E-state index in [2.05, 4.69) is 10.3 Å². The maximum absolute atomic E-state index is 12.8. The summed E-state index contributed by atoms with van der Waals surface area (Å²) in [5.41, 5.74) is 8.03. The predicted molar refractivity (Wildman–Crippen MR) is 109 cm³/mol. The Hall–Kier alpha value is -3.52. The Balaban J connectivity index is 1.57. The van der Waals surface area contributed by atoms with E-state index in [0.717, 1.165) is 16.3 Å². The van der Waals surface area contributed by atoms with Crippen LogP contribution in [-0.2, 0) is 0 Å². The summed E-state index contributed by atoms with van der Waals surface area (Å²) >= 11 is 1.25. The summed E-state index contributed by atoms with van der Waals surface area (Å²) in [6.45, 7) is 0.204. The van der Waals surface area contributed by atoms with Crippen molar-refractivity contribution in [3.05, 3.63) is 47.3 Å². The molecule has 0 atom stereocenters. The number of nitrogens with zero attached hydrogens (tertiary/aromatic N) is 1. The predicted octanol–water partition coefficient (Wildman–Crippen LogP) is 4.02. The van der Waals surface area contributed by atoms with Crippen LogP contribution in [0.25, 0.3) is 21.1 Å². The molecule has 3 N–H and O–H groups in total. The number of hydrogen-bond acceptors (Lipinski definition) is 7. The molecule has 0 fully saturated rings. The van der Waals surface area contributed by atoms with Crippen LogP contribution >= 0.6 is 11.3 Å². The maximum atomic E-state index is 12.8. The molecule has 1 aliphatic heterocycles. The van der Waals surface area contributed by atoms with E-state index < -0.39 is 0 Å². The number of fused-ring (bicyclic) bond motifs is 3. The molecule has 140 valence electrons. The lowest BCUT2D eigenvalue weighted by Crippen LogP contribution is -2.12. The number of methoxy groups -OCH3 is 1. The lowest BCUT2D eigenvalue weighted by Gasteiger charge is -2.09. The monoisotopic (exact) mass is 393 g/mol. The highest BCUT2D eigenvalue weighted by atomic mass is 32.1. The second-order valence-electron chi connectivity index (χ2n) is 6.24. The number of thiophene rings is 1. The van der Waals surface area contributed by atoms with Gasteiger partial charge in [0.25, 0.3) is 5.91 Å². The van der Waals surface area contributed by atoms with Crippen LogP contribution in [0.4, 0.5) is 11.4 Å². The van der Waals surface area contributed by atoms with E-state index in [1.54, 1.807) is 19.2 Å². The Morgan fingerprint density at radius 1 is 1.21 bits per heavy atom. The summed E-state index contributed by atoms with van der Waals surface area (Å²) in [4.78, 5) is 18.6. The fourth-order valence-corrected chi connectivity index (χ4v) is 4.17. The van der Waals surface area contributed by atoms with Crippen molar-refractivity contribution in [2.45, 2.75) is 0 Å². The van der Waals surface area contributed by atoms with Crippen molar-refractivity contribution in [3.63, 3.8) is 0 Å². The second-order valence-corrected chi connectivity index (χ2v) is 7.24. The fourth-order valence-electron chi connectivity index (χ4n) is 3.19. The van der Waals surface area contributed by atoms with Gasteiger partial charge in [-0.05, 0) is 24.3 Å². The summed E-state index contributed by atoms with van der Waals surface area (Å²) in [7, 11) is 1.55.